The maximum Gasteiger partial charge on any atom is 0.338 e. The maximum absolute atomic E-state index is 12.0. The minimum Gasteiger partial charge on any atom is -0.467 e. The number of aliphatic hydroxyl groups excluding tert-OH is 2. The number of nitrogens with zero attached hydrogens (tertiary/aromatic N) is 3. The van der Waals surface area contributed by atoms with Gasteiger partial charge in [0.1, 0.15) is 0 Å². The van der Waals surface area contributed by atoms with Crippen LogP contribution in [0.4, 0.5) is 0 Å². The van der Waals surface area contributed by atoms with Crippen LogP contribution in [0.3, 0.4) is 0 Å². The number of methoxy groups -OCH3 is 1. The lowest BCUT2D eigenvalue weighted by molar-refractivity contribution is -0.179. The Morgan fingerprint density at radius 3 is 2.33 bits per heavy atom. The zero-order valence-electron chi connectivity index (χ0n) is 15.2. The van der Waals surface area contributed by atoms with Crippen molar-refractivity contribution in [2.75, 3.05) is 26.9 Å². The molecule has 0 aliphatic carbocycles. The molecule has 0 unspecified atom stereocenters. The van der Waals surface area contributed by atoms with Crippen LogP contribution >= 0.6 is 0 Å². The second-order valence-electron chi connectivity index (χ2n) is 5.07. The van der Waals surface area contributed by atoms with Crippen molar-refractivity contribution in [2.24, 2.45) is 0 Å². The van der Waals surface area contributed by atoms with E-state index in [1.165, 1.54) is 13.1 Å². The van der Waals surface area contributed by atoms with E-state index in [4.69, 9.17) is 9.47 Å². The summed E-state index contributed by atoms with van der Waals surface area (Å²) in [7, 11) is 1.14. The molecule has 3 atom stereocenters. The van der Waals surface area contributed by atoms with Crippen molar-refractivity contribution >= 4 is 17.9 Å². The Bertz CT molecular complexity index is 634. The van der Waals surface area contributed by atoms with Gasteiger partial charge in [-0.2, -0.15) is 0 Å². The van der Waals surface area contributed by atoms with Crippen LogP contribution < -0.4 is 0 Å². The van der Waals surface area contributed by atoms with Crippen molar-refractivity contribution in [1.82, 2.24) is 15.0 Å². The second kappa shape index (κ2) is 11.2. The zero-order valence-corrected chi connectivity index (χ0v) is 15.2. The Morgan fingerprint density at radius 2 is 1.78 bits per heavy atom. The van der Waals surface area contributed by atoms with E-state index >= 15 is 0 Å². The number of ether oxygens (including phenoxy) is 4. The summed E-state index contributed by atoms with van der Waals surface area (Å²) >= 11 is 0. The van der Waals surface area contributed by atoms with Crippen molar-refractivity contribution in [1.29, 1.82) is 0 Å². The molecule has 0 fully saturated rings. The molecule has 0 aliphatic heterocycles. The monoisotopic (exact) mass is 389 g/mol. The quantitative estimate of drug-likeness (QED) is 0.330. The topological polar surface area (TPSA) is 159 Å². The van der Waals surface area contributed by atoms with Crippen LogP contribution in [-0.4, -0.2) is 82.3 Å². The summed E-state index contributed by atoms with van der Waals surface area (Å²) in [5.74, 6) is -2.79. The highest BCUT2D eigenvalue weighted by Crippen LogP contribution is 2.14. The predicted molar refractivity (Wildman–Crippen MR) is 86.0 cm³/mol. The maximum atomic E-state index is 12.0. The van der Waals surface area contributed by atoms with Crippen molar-refractivity contribution < 1.29 is 43.5 Å². The molecular formula is C15H23N3O9. The van der Waals surface area contributed by atoms with Gasteiger partial charge < -0.3 is 29.2 Å². The van der Waals surface area contributed by atoms with Crippen LogP contribution in [0, 0.1) is 0 Å². The average Bonchev–Trinajstić information content (AvgIpc) is 3.10. The smallest absolute Gasteiger partial charge is 0.338 e. The molecule has 0 radical (unpaired) electrons. The molecule has 0 amide bonds. The van der Waals surface area contributed by atoms with Gasteiger partial charge in [0, 0.05) is 0 Å². The first kappa shape index (κ1) is 22.5. The SMILES string of the molecule is CCOC(=O)[C@H](O)[C@@H](OCc1cnnn1[C@@H](CO)C(=O)OC)C(=O)OCC. The number of carbonyl (C=O) groups excluding carboxylic acids is 3. The van der Waals surface area contributed by atoms with Gasteiger partial charge in [-0.25, -0.2) is 19.1 Å². The van der Waals surface area contributed by atoms with Gasteiger partial charge in [0.05, 0.1) is 45.4 Å². The number of carbonyl (C=O) groups is 3. The zero-order chi connectivity index (χ0) is 20.4. The van der Waals surface area contributed by atoms with Crippen LogP contribution in [0.5, 0.6) is 0 Å². The van der Waals surface area contributed by atoms with Gasteiger partial charge in [-0.3, -0.25) is 0 Å². The first-order valence-corrected chi connectivity index (χ1v) is 8.11. The van der Waals surface area contributed by atoms with Crippen molar-refractivity contribution in [3.8, 4) is 0 Å². The largest absolute Gasteiger partial charge is 0.467 e. The number of hydrogen-bond donors (Lipinski definition) is 2. The Morgan fingerprint density at radius 1 is 1.15 bits per heavy atom. The fraction of sp³-hybridized carbons (Fsp3) is 0.667. The Balaban J connectivity index is 2.96. The van der Waals surface area contributed by atoms with Gasteiger partial charge in [-0.1, -0.05) is 5.21 Å². The van der Waals surface area contributed by atoms with Gasteiger partial charge >= 0.3 is 17.9 Å². The molecule has 0 saturated heterocycles. The van der Waals surface area contributed by atoms with Crippen molar-refractivity contribution in [2.45, 2.75) is 38.7 Å². The number of hydrogen-bond acceptors (Lipinski definition) is 11. The molecule has 1 aromatic rings. The van der Waals surface area contributed by atoms with E-state index in [9.17, 15) is 24.6 Å². The molecular weight excluding hydrogens is 366 g/mol. The lowest BCUT2D eigenvalue weighted by Crippen LogP contribution is -2.43. The number of aromatic nitrogens is 3. The third kappa shape index (κ3) is 5.98. The first-order chi connectivity index (χ1) is 12.9. The summed E-state index contributed by atoms with van der Waals surface area (Å²) in [5, 5.41) is 26.7. The Kier molecular flexibility index (Phi) is 9.33. The summed E-state index contributed by atoms with van der Waals surface area (Å²) in [5.41, 5.74) is 0.185. The fourth-order valence-electron chi connectivity index (χ4n) is 2.06. The average molecular weight is 389 g/mol. The third-order valence-corrected chi connectivity index (χ3v) is 3.33. The summed E-state index contributed by atoms with van der Waals surface area (Å²) in [6.07, 6.45) is -2.36. The van der Waals surface area contributed by atoms with Crippen LogP contribution in [0.25, 0.3) is 0 Å². The molecule has 152 valence electrons. The minimum atomic E-state index is -1.91. The number of aliphatic hydroxyl groups is 2. The van der Waals surface area contributed by atoms with E-state index in [1.54, 1.807) is 6.92 Å². The van der Waals surface area contributed by atoms with Gasteiger partial charge in [0.25, 0.3) is 0 Å². The predicted octanol–water partition coefficient (Wildman–Crippen LogP) is -1.64. The number of rotatable bonds is 11. The minimum absolute atomic E-state index is 0.000557. The molecule has 2 N–H and O–H groups in total. The normalized spacial score (nSPS) is 14.1. The molecule has 12 nitrogen and oxygen atoms in total. The van der Waals surface area contributed by atoms with Crippen LogP contribution in [0.2, 0.25) is 0 Å². The Hall–Kier alpha value is -2.57. The van der Waals surface area contributed by atoms with E-state index in [0.717, 1.165) is 11.8 Å². The van der Waals surface area contributed by atoms with E-state index in [-0.39, 0.29) is 25.5 Å². The molecule has 1 rings (SSSR count). The molecule has 12 heteroatoms. The summed E-state index contributed by atoms with van der Waals surface area (Å²) in [6, 6.07) is -1.17. The molecule has 0 spiro atoms. The highest BCUT2D eigenvalue weighted by atomic mass is 16.6. The lowest BCUT2D eigenvalue weighted by Gasteiger charge is -2.21. The van der Waals surface area contributed by atoms with Crippen LogP contribution in [-0.2, 0) is 39.9 Å². The number of esters is 3. The van der Waals surface area contributed by atoms with Crippen LogP contribution in [0.1, 0.15) is 25.6 Å². The second-order valence-corrected chi connectivity index (χ2v) is 5.07. The summed E-state index contributed by atoms with van der Waals surface area (Å²) < 4.78 is 20.4. The van der Waals surface area contributed by atoms with Gasteiger partial charge in [-0.05, 0) is 13.8 Å². The third-order valence-electron chi connectivity index (χ3n) is 3.33. The standard InChI is InChI=1S/C15H23N3O9/c1-4-25-14(22)11(20)12(15(23)26-5-2)27-8-9-6-16-17-18(9)10(7-19)13(21)24-3/h6,10-12,19-20H,4-5,7-8H2,1-3H3/t10-,11+,12+/m0/s1. The highest BCUT2D eigenvalue weighted by Gasteiger charge is 2.36. The lowest BCUT2D eigenvalue weighted by atomic mass is 10.2. The molecule has 27 heavy (non-hydrogen) atoms. The highest BCUT2D eigenvalue weighted by molar-refractivity contribution is 5.85. The molecule has 0 aromatic carbocycles. The molecule has 0 saturated carbocycles. The van der Waals surface area contributed by atoms with Gasteiger partial charge in [-0.15, -0.1) is 5.10 Å². The van der Waals surface area contributed by atoms with E-state index in [1.807, 2.05) is 0 Å². The van der Waals surface area contributed by atoms with Gasteiger partial charge in [0.2, 0.25) is 0 Å². The summed E-state index contributed by atoms with van der Waals surface area (Å²) in [4.78, 5) is 35.4. The van der Waals surface area contributed by atoms with Crippen molar-refractivity contribution in [3.05, 3.63) is 11.9 Å². The molecule has 1 heterocycles. The fourth-order valence-corrected chi connectivity index (χ4v) is 2.06. The Labute approximate surface area is 154 Å². The van der Waals surface area contributed by atoms with Crippen molar-refractivity contribution in [3.63, 3.8) is 0 Å². The van der Waals surface area contributed by atoms with E-state index in [2.05, 4.69) is 19.8 Å². The summed E-state index contributed by atoms with van der Waals surface area (Å²) in [6.45, 7) is 2.10. The van der Waals surface area contributed by atoms with E-state index in [0.29, 0.717) is 0 Å². The first-order valence-electron chi connectivity index (χ1n) is 8.11. The molecule has 0 bridgehead atoms. The molecule has 1 aromatic heterocycles. The van der Waals surface area contributed by atoms with Gasteiger partial charge in [0.15, 0.2) is 18.2 Å². The van der Waals surface area contributed by atoms with Crippen LogP contribution in [0.15, 0.2) is 6.20 Å². The van der Waals surface area contributed by atoms with E-state index < -0.39 is 42.8 Å². The molecule has 0 aliphatic rings.